The number of carbonyl (C=O) groups excluding carboxylic acids is 1. The fourth-order valence-electron chi connectivity index (χ4n) is 1.96. The second-order valence-electron chi connectivity index (χ2n) is 6.02. The molecule has 1 atom stereocenters. The summed E-state index contributed by atoms with van der Waals surface area (Å²) in [6.45, 7) is 7.62. The van der Waals surface area contributed by atoms with E-state index in [9.17, 15) is 4.79 Å². The summed E-state index contributed by atoms with van der Waals surface area (Å²) in [5.74, 6) is 1.50. The molecule has 0 fully saturated rings. The van der Waals surface area contributed by atoms with Crippen LogP contribution in [-0.4, -0.2) is 38.8 Å². The maximum atomic E-state index is 12.1. The second kappa shape index (κ2) is 7.24. The number of nitrogens with one attached hydrogen (secondary N) is 2. The normalized spacial score (nSPS) is 12.3. The summed E-state index contributed by atoms with van der Waals surface area (Å²) in [6, 6.07) is 3.13. The molecule has 0 aromatic heterocycles. The maximum Gasteiger partial charge on any atom is 0.242 e. The number of anilines is 1. The van der Waals surface area contributed by atoms with Gasteiger partial charge in [0.2, 0.25) is 11.7 Å². The van der Waals surface area contributed by atoms with Crippen molar-refractivity contribution in [1.29, 1.82) is 0 Å². The van der Waals surface area contributed by atoms with E-state index in [0.29, 0.717) is 22.9 Å². The molecule has 2 N–H and O–H groups in total. The Kier molecular flexibility index (Phi) is 5.91. The number of hydrogen-bond acceptors (Lipinski definition) is 5. The second-order valence-corrected chi connectivity index (χ2v) is 6.02. The van der Waals surface area contributed by atoms with Crippen LogP contribution in [0, 0.1) is 0 Å². The molecule has 1 aromatic rings. The van der Waals surface area contributed by atoms with Gasteiger partial charge in [-0.2, -0.15) is 0 Å². The predicted octanol–water partition coefficient (Wildman–Crippen LogP) is 2.43. The summed E-state index contributed by atoms with van der Waals surface area (Å²) < 4.78 is 15.9. The summed E-state index contributed by atoms with van der Waals surface area (Å²) in [6.07, 6.45) is 0. The van der Waals surface area contributed by atoms with E-state index in [4.69, 9.17) is 14.2 Å². The Hall–Kier alpha value is -2.11. The molecule has 0 saturated carbocycles. The van der Waals surface area contributed by atoms with Crippen molar-refractivity contribution in [2.75, 3.05) is 26.6 Å². The average molecular weight is 310 g/mol. The van der Waals surface area contributed by atoms with E-state index >= 15 is 0 Å². The Balaban J connectivity index is 2.96. The highest BCUT2D eigenvalue weighted by Gasteiger charge is 2.20. The van der Waals surface area contributed by atoms with Crippen LogP contribution in [0.5, 0.6) is 17.2 Å². The van der Waals surface area contributed by atoms with Crippen LogP contribution in [0.25, 0.3) is 0 Å². The smallest absolute Gasteiger partial charge is 0.242 e. The Bertz CT molecular complexity index is 498. The molecule has 0 aliphatic heterocycles. The molecule has 0 saturated heterocycles. The molecule has 6 heteroatoms. The van der Waals surface area contributed by atoms with E-state index in [1.54, 1.807) is 40.4 Å². The van der Waals surface area contributed by atoms with Gasteiger partial charge in [-0.05, 0) is 27.7 Å². The van der Waals surface area contributed by atoms with Crippen molar-refractivity contribution in [2.24, 2.45) is 0 Å². The van der Waals surface area contributed by atoms with Gasteiger partial charge in [-0.15, -0.1) is 0 Å². The van der Waals surface area contributed by atoms with Crippen molar-refractivity contribution in [3.63, 3.8) is 0 Å². The molecule has 0 radical (unpaired) electrons. The third-order valence-corrected chi connectivity index (χ3v) is 2.94. The third-order valence-electron chi connectivity index (χ3n) is 2.94. The summed E-state index contributed by atoms with van der Waals surface area (Å²) in [5, 5.41) is 6.07. The lowest BCUT2D eigenvalue weighted by Crippen LogP contribution is -2.47. The number of amides is 1. The van der Waals surface area contributed by atoms with Gasteiger partial charge in [-0.25, -0.2) is 0 Å². The number of rotatable bonds is 6. The molecule has 1 amide bonds. The van der Waals surface area contributed by atoms with Gasteiger partial charge in [0.1, 0.15) is 6.04 Å². The topological polar surface area (TPSA) is 68.8 Å². The van der Waals surface area contributed by atoms with Crippen LogP contribution >= 0.6 is 0 Å². The molecule has 0 spiro atoms. The summed E-state index contributed by atoms with van der Waals surface area (Å²) in [4.78, 5) is 12.1. The molecular formula is C16H26N2O4. The van der Waals surface area contributed by atoms with Crippen LogP contribution in [0.1, 0.15) is 27.7 Å². The van der Waals surface area contributed by atoms with Gasteiger partial charge in [-0.3, -0.25) is 4.79 Å². The van der Waals surface area contributed by atoms with Gasteiger partial charge in [0.25, 0.3) is 0 Å². The van der Waals surface area contributed by atoms with Gasteiger partial charge in [-0.1, -0.05) is 0 Å². The highest BCUT2D eigenvalue weighted by molar-refractivity contribution is 5.85. The largest absolute Gasteiger partial charge is 0.493 e. The van der Waals surface area contributed by atoms with E-state index in [-0.39, 0.29) is 11.4 Å². The molecule has 0 aliphatic carbocycles. The Morgan fingerprint density at radius 1 is 1.05 bits per heavy atom. The Morgan fingerprint density at radius 3 is 1.91 bits per heavy atom. The van der Waals surface area contributed by atoms with Crippen molar-refractivity contribution in [3.8, 4) is 17.2 Å². The first-order chi connectivity index (χ1) is 10.2. The monoisotopic (exact) mass is 310 g/mol. The first-order valence-corrected chi connectivity index (χ1v) is 7.10. The van der Waals surface area contributed by atoms with E-state index in [1.165, 1.54) is 0 Å². The fraction of sp³-hybridized carbons (Fsp3) is 0.562. The highest BCUT2D eigenvalue weighted by Crippen LogP contribution is 2.40. The highest BCUT2D eigenvalue weighted by atomic mass is 16.5. The molecule has 1 aromatic carbocycles. The molecule has 1 unspecified atom stereocenters. The lowest BCUT2D eigenvalue weighted by molar-refractivity contribution is -0.122. The molecule has 0 heterocycles. The van der Waals surface area contributed by atoms with Crippen LogP contribution in [0.15, 0.2) is 12.1 Å². The fourth-order valence-corrected chi connectivity index (χ4v) is 1.96. The number of methoxy groups -OCH3 is 3. The van der Waals surface area contributed by atoms with Gasteiger partial charge in [0.15, 0.2) is 11.5 Å². The quantitative estimate of drug-likeness (QED) is 0.844. The molecule has 22 heavy (non-hydrogen) atoms. The molecule has 1 rings (SSSR count). The molecule has 0 aliphatic rings. The number of ether oxygens (including phenoxy) is 3. The van der Waals surface area contributed by atoms with Gasteiger partial charge in [0.05, 0.1) is 21.3 Å². The summed E-state index contributed by atoms with van der Waals surface area (Å²) >= 11 is 0. The minimum absolute atomic E-state index is 0.0822. The van der Waals surface area contributed by atoms with Crippen LogP contribution in [0.2, 0.25) is 0 Å². The van der Waals surface area contributed by atoms with Crippen molar-refractivity contribution in [3.05, 3.63) is 12.1 Å². The molecule has 6 nitrogen and oxygen atoms in total. The number of benzene rings is 1. The van der Waals surface area contributed by atoms with Gasteiger partial charge >= 0.3 is 0 Å². The van der Waals surface area contributed by atoms with E-state index < -0.39 is 6.04 Å². The average Bonchev–Trinajstić information content (AvgIpc) is 2.44. The van der Waals surface area contributed by atoms with Crippen LogP contribution in [-0.2, 0) is 4.79 Å². The zero-order chi connectivity index (χ0) is 16.9. The third kappa shape index (κ3) is 4.72. The maximum absolute atomic E-state index is 12.1. The zero-order valence-corrected chi connectivity index (χ0v) is 14.4. The van der Waals surface area contributed by atoms with Crippen molar-refractivity contribution in [2.45, 2.75) is 39.3 Å². The Labute approximate surface area is 132 Å². The van der Waals surface area contributed by atoms with Crippen molar-refractivity contribution >= 4 is 11.6 Å². The Morgan fingerprint density at radius 2 is 1.55 bits per heavy atom. The lowest BCUT2D eigenvalue weighted by atomic mass is 10.1. The standard InChI is InChI=1S/C16H26N2O4/c1-10(15(19)18-16(2,3)4)17-11-8-12(20-5)14(22-7)13(9-11)21-6/h8-10,17H,1-7H3,(H,18,19). The number of carbonyl (C=O) groups is 1. The molecular weight excluding hydrogens is 284 g/mol. The summed E-state index contributed by atoms with van der Waals surface area (Å²) in [5.41, 5.74) is 0.438. The SMILES string of the molecule is COc1cc(NC(C)C(=O)NC(C)(C)C)cc(OC)c1OC. The predicted molar refractivity (Wildman–Crippen MR) is 87.1 cm³/mol. The van der Waals surface area contributed by atoms with E-state index in [0.717, 1.165) is 0 Å². The lowest BCUT2D eigenvalue weighted by Gasteiger charge is -2.24. The van der Waals surface area contributed by atoms with Crippen molar-refractivity contribution in [1.82, 2.24) is 5.32 Å². The van der Waals surface area contributed by atoms with Crippen LogP contribution in [0.3, 0.4) is 0 Å². The molecule has 124 valence electrons. The van der Waals surface area contributed by atoms with Crippen molar-refractivity contribution < 1.29 is 19.0 Å². The van der Waals surface area contributed by atoms with Gasteiger partial charge < -0.3 is 24.8 Å². The van der Waals surface area contributed by atoms with E-state index in [1.807, 2.05) is 20.8 Å². The number of hydrogen-bond donors (Lipinski definition) is 2. The first-order valence-electron chi connectivity index (χ1n) is 7.10. The van der Waals surface area contributed by atoms with Crippen LogP contribution in [0.4, 0.5) is 5.69 Å². The molecule has 0 bridgehead atoms. The minimum atomic E-state index is -0.401. The van der Waals surface area contributed by atoms with Gasteiger partial charge in [0, 0.05) is 23.4 Å². The minimum Gasteiger partial charge on any atom is -0.493 e. The van der Waals surface area contributed by atoms with E-state index in [2.05, 4.69) is 10.6 Å². The summed E-state index contributed by atoms with van der Waals surface area (Å²) in [7, 11) is 4.65. The first kappa shape index (κ1) is 17.9. The van der Waals surface area contributed by atoms with Crippen LogP contribution < -0.4 is 24.8 Å². The zero-order valence-electron chi connectivity index (χ0n) is 14.4.